The zero-order valence-corrected chi connectivity index (χ0v) is 10.2. The van der Waals surface area contributed by atoms with Crippen LogP contribution in [0.5, 0.6) is 0 Å². The van der Waals surface area contributed by atoms with Gasteiger partial charge in [0.1, 0.15) is 5.82 Å². The second-order valence-electron chi connectivity index (χ2n) is 4.77. The molecule has 1 aromatic rings. The Bertz CT molecular complexity index is 383. The van der Waals surface area contributed by atoms with Gasteiger partial charge in [0.2, 0.25) is 5.95 Å². The molecule has 1 heterocycles. The van der Waals surface area contributed by atoms with E-state index in [9.17, 15) is 5.11 Å². The van der Waals surface area contributed by atoms with Crippen molar-refractivity contribution in [2.75, 3.05) is 24.2 Å². The first-order valence-electron chi connectivity index (χ1n) is 6.14. The van der Waals surface area contributed by atoms with Crippen LogP contribution < -0.4 is 11.1 Å². The molecule has 1 aliphatic carbocycles. The number of aryl methyl sites for hydroxylation is 1. The summed E-state index contributed by atoms with van der Waals surface area (Å²) < 4.78 is 0. The molecule has 0 aromatic carbocycles. The van der Waals surface area contributed by atoms with Crippen LogP contribution in [0.2, 0.25) is 0 Å². The number of nitrogens with two attached hydrogens (primary N) is 1. The van der Waals surface area contributed by atoms with E-state index >= 15 is 0 Å². The van der Waals surface area contributed by atoms with Crippen molar-refractivity contribution in [3.8, 4) is 0 Å². The van der Waals surface area contributed by atoms with Crippen molar-refractivity contribution in [1.82, 2.24) is 9.97 Å². The Balaban J connectivity index is 1.95. The summed E-state index contributed by atoms with van der Waals surface area (Å²) in [6, 6.07) is 0. The van der Waals surface area contributed by atoms with Crippen LogP contribution in [-0.2, 0) is 0 Å². The predicted molar refractivity (Wildman–Crippen MR) is 67.6 cm³/mol. The first kappa shape index (κ1) is 12.1. The Morgan fingerprint density at radius 2 is 2.24 bits per heavy atom. The molecule has 17 heavy (non-hydrogen) atoms. The molecular weight excluding hydrogens is 216 g/mol. The average molecular weight is 236 g/mol. The number of aliphatic hydroxyl groups is 1. The summed E-state index contributed by atoms with van der Waals surface area (Å²) in [5, 5.41) is 12.6. The van der Waals surface area contributed by atoms with E-state index in [1.807, 2.05) is 6.92 Å². The highest BCUT2D eigenvalue weighted by Gasteiger charge is 2.26. The first-order chi connectivity index (χ1) is 8.20. The SMILES string of the molecule is Cc1cnc(N)nc1NCC1CCCC1CO. The number of aromatic nitrogens is 2. The fourth-order valence-electron chi connectivity index (χ4n) is 2.49. The summed E-state index contributed by atoms with van der Waals surface area (Å²) in [6.07, 6.45) is 5.25. The van der Waals surface area contributed by atoms with Crippen molar-refractivity contribution < 1.29 is 5.11 Å². The number of anilines is 2. The molecule has 0 aliphatic heterocycles. The number of aliphatic hydroxyl groups excluding tert-OH is 1. The zero-order valence-electron chi connectivity index (χ0n) is 10.2. The third kappa shape index (κ3) is 2.85. The minimum atomic E-state index is 0.289. The minimum absolute atomic E-state index is 0.289. The van der Waals surface area contributed by atoms with Gasteiger partial charge in [0, 0.05) is 24.9 Å². The summed E-state index contributed by atoms with van der Waals surface area (Å²) in [4.78, 5) is 8.11. The van der Waals surface area contributed by atoms with E-state index < -0.39 is 0 Å². The van der Waals surface area contributed by atoms with Crippen LogP contribution in [0.1, 0.15) is 24.8 Å². The second-order valence-corrected chi connectivity index (χ2v) is 4.77. The number of hydrogen-bond acceptors (Lipinski definition) is 5. The van der Waals surface area contributed by atoms with Crippen molar-refractivity contribution in [3.05, 3.63) is 11.8 Å². The van der Waals surface area contributed by atoms with Crippen molar-refractivity contribution in [1.29, 1.82) is 0 Å². The molecule has 0 saturated heterocycles. The van der Waals surface area contributed by atoms with Crippen LogP contribution in [0.25, 0.3) is 0 Å². The van der Waals surface area contributed by atoms with Gasteiger partial charge in [-0.3, -0.25) is 0 Å². The van der Waals surface area contributed by atoms with E-state index in [0.717, 1.165) is 24.3 Å². The van der Waals surface area contributed by atoms with Crippen molar-refractivity contribution in [3.63, 3.8) is 0 Å². The summed E-state index contributed by atoms with van der Waals surface area (Å²) in [7, 11) is 0. The van der Waals surface area contributed by atoms with Gasteiger partial charge in [-0.25, -0.2) is 4.98 Å². The molecule has 0 spiro atoms. The van der Waals surface area contributed by atoms with E-state index in [0.29, 0.717) is 17.8 Å². The Hall–Kier alpha value is -1.36. The highest BCUT2D eigenvalue weighted by atomic mass is 16.3. The van der Waals surface area contributed by atoms with Crippen LogP contribution in [0.15, 0.2) is 6.20 Å². The molecule has 0 radical (unpaired) electrons. The van der Waals surface area contributed by atoms with Crippen LogP contribution in [0, 0.1) is 18.8 Å². The molecule has 5 nitrogen and oxygen atoms in total. The highest BCUT2D eigenvalue weighted by molar-refractivity contribution is 5.45. The minimum Gasteiger partial charge on any atom is -0.396 e. The van der Waals surface area contributed by atoms with Gasteiger partial charge in [0.25, 0.3) is 0 Å². The largest absolute Gasteiger partial charge is 0.396 e. The fourth-order valence-corrected chi connectivity index (χ4v) is 2.49. The van der Waals surface area contributed by atoms with Crippen molar-refractivity contribution >= 4 is 11.8 Å². The Kier molecular flexibility index (Phi) is 3.78. The van der Waals surface area contributed by atoms with Crippen LogP contribution in [-0.4, -0.2) is 28.2 Å². The number of nitrogens with zero attached hydrogens (tertiary/aromatic N) is 2. The van der Waals surface area contributed by atoms with Gasteiger partial charge in [0.05, 0.1) is 0 Å². The Labute approximate surface area is 101 Å². The number of rotatable bonds is 4. The maximum atomic E-state index is 9.26. The molecule has 5 heteroatoms. The molecule has 1 aliphatic rings. The van der Waals surface area contributed by atoms with Gasteiger partial charge in [-0.05, 0) is 31.6 Å². The maximum absolute atomic E-state index is 9.26. The summed E-state index contributed by atoms with van der Waals surface area (Å²) >= 11 is 0. The lowest BCUT2D eigenvalue weighted by atomic mass is 9.97. The van der Waals surface area contributed by atoms with Crippen molar-refractivity contribution in [2.45, 2.75) is 26.2 Å². The highest BCUT2D eigenvalue weighted by Crippen LogP contribution is 2.31. The normalized spacial score (nSPS) is 23.9. The first-order valence-corrected chi connectivity index (χ1v) is 6.14. The Morgan fingerprint density at radius 1 is 1.47 bits per heavy atom. The second kappa shape index (κ2) is 5.31. The van der Waals surface area contributed by atoms with Crippen molar-refractivity contribution in [2.24, 2.45) is 11.8 Å². The van der Waals surface area contributed by atoms with Gasteiger partial charge in [0.15, 0.2) is 0 Å². The molecule has 2 atom stereocenters. The molecule has 94 valence electrons. The molecule has 0 amide bonds. The van der Waals surface area contributed by atoms with Gasteiger partial charge >= 0.3 is 0 Å². The molecule has 2 rings (SSSR count). The van der Waals surface area contributed by atoms with Gasteiger partial charge < -0.3 is 16.2 Å². The summed E-state index contributed by atoms with van der Waals surface area (Å²) in [6.45, 7) is 3.10. The smallest absolute Gasteiger partial charge is 0.221 e. The quantitative estimate of drug-likeness (QED) is 0.731. The number of hydrogen-bond donors (Lipinski definition) is 3. The van der Waals surface area contributed by atoms with E-state index in [-0.39, 0.29) is 6.61 Å². The average Bonchev–Trinajstić information content (AvgIpc) is 2.77. The fraction of sp³-hybridized carbons (Fsp3) is 0.667. The van der Waals surface area contributed by atoms with Gasteiger partial charge in [-0.15, -0.1) is 0 Å². The van der Waals surface area contributed by atoms with Gasteiger partial charge in [-0.2, -0.15) is 4.98 Å². The number of nitrogen functional groups attached to an aromatic ring is 1. The standard InChI is InChI=1S/C12H20N4O/c1-8-5-15-12(13)16-11(8)14-6-9-3-2-4-10(9)7-17/h5,9-10,17H,2-4,6-7H2,1H3,(H3,13,14,15,16). The summed E-state index contributed by atoms with van der Waals surface area (Å²) in [5.41, 5.74) is 6.56. The van der Waals surface area contributed by atoms with Crippen LogP contribution in [0.4, 0.5) is 11.8 Å². The third-order valence-electron chi connectivity index (χ3n) is 3.57. The van der Waals surface area contributed by atoms with E-state index in [1.165, 1.54) is 12.8 Å². The zero-order chi connectivity index (χ0) is 12.3. The van der Waals surface area contributed by atoms with Gasteiger partial charge in [-0.1, -0.05) is 6.42 Å². The van der Waals surface area contributed by atoms with E-state index in [1.54, 1.807) is 6.20 Å². The van der Waals surface area contributed by atoms with E-state index in [4.69, 9.17) is 5.73 Å². The molecule has 4 N–H and O–H groups in total. The molecule has 1 fully saturated rings. The topological polar surface area (TPSA) is 84.1 Å². The molecule has 0 bridgehead atoms. The van der Waals surface area contributed by atoms with Crippen LogP contribution in [0.3, 0.4) is 0 Å². The maximum Gasteiger partial charge on any atom is 0.221 e. The van der Waals surface area contributed by atoms with E-state index in [2.05, 4.69) is 15.3 Å². The molecular formula is C12H20N4O. The lowest BCUT2D eigenvalue weighted by Gasteiger charge is -2.18. The monoisotopic (exact) mass is 236 g/mol. The molecule has 1 aromatic heterocycles. The van der Waals surface area contributed by atoms with Crippen LogP contribution >= 0.6 is 0 Å². The Morgan fingerprint density at radius 3 is 3.00 bits per heavy atom. The summed E-state index contributed by atoms with van der Waals surface area (Å²) in [5.74, 6) is 2.07. The predicted octanol–water partition coefficient (Wildman–Crippen LogP) is 1.19. The lowest BCUT2D eigenvalue weighted by molar-refractivity contribution is 0.199. The molecule has 2 unspecified atom stereocenters. The third-order valence-corrected chi connectivity index (χ3v) is 3.57. The lowest BCUT2D eigenvalue weighted by Crippen LogP contribution is -2.21. The molecule has 1 saturated carbocycles. The number of nitrogens with one attached hydrogen (secondary N) is 1.